The molecule has 122 valence electrons. The van der Waals surface area contributed by atoms with Crippen molar-refractivity contribution >= 4 is 0 Å². The Morgan fingerprint density at radius 1 is 1.20 bits per heavy atom. The lowest BCUT2D eigenvalue weighted by Gasteiger charge is -2.33. The van der Waals surface area contributed by atoms with Gasteiger partial charge in [-0.15, -0.1) is 0 Å². The summed E-state index contributed by atoms with van der Waals surface area (Å²) in [6.45, 7) is 15.9. The zero-order chi connectivity index (χ0) is 15.4. The minimum atomic E-state index is -0.0637. The van der Waals surface area contributed by atoms with E-state index in [0.29, 0.717) is 0 Å². The fraction of sp³-hybridized carbons (Fsp3) is 1.00. The highest BCUT2D eigenvalue weighted by molar-refractivity contribution is 4.86. The first kappa shape index (κ1) is 19.9. The van der Waals surface area contributed by atoms with Crippen LogP contribution in [0.5, 0.6) is 0 Å². The maximum atomic E-state index is 9.73. The van der Waals surface area contributed by atoms with Crippen molar-refractivity contribution in [1.82, 2.24) is 10.2 Å². The summed E-state index contributed by atoms with van der Waals surface area (Å²) in [5.74, 6) is 0.780. The Labute approximate surface area is 127 Å². The number of nitrogens with one attached hydrogen (secondary N) is 1. The summed E-state index contributed by atoms with van der Waals surface area (Å²) in [5, 5.41) is 13.3. The van der Waals surface area contributed by atoms with Crippen molar-refractivity contribution in [2.24, 2.45) is 5.92 Å². The summed E-state index contributed by atoms with van der Waals surface area (Å²) in [6, 6.07) is 0. The van der Waals surface area contributed by atoms with Gasteiger partial charge in [0, 0.05) is 12.1 Å². The maximum absolute atomic E-state index is 9.73. The topological polar surface area (TPSA) is 35.5 Å². The zero-order valence-corrected chi connectivity index (χ0v) is 14.5. The standard InChI is InChI=1S/C17H38N2O/c1-6-12-18-17(8-3,15-20)11-10-13-19(9-4)14-16(5)7-2/h16,18,20H,6-15H2,1-5H3. The second kappa shape index (κ2) is 11.5. The molecule has 0 spiro atoms. The molecule has 0 amide bonds. The number of hydrogen-bond acceptors (Lipinski definition) is 3. The van der Waals surface area contributed by atoms with E-state index in [9.17, 15) is 5.11 Å². The Hall–Kier alpha value is -0.120. The van der Waals surface area contributed by atoms with Crippen LogP contribution in [-0.2, 0) is 0 Å². The van der Waals surface area contributed by atoms with Crippen molar-refractivity contribution in [3.63, 3.8) is 0 Å². The van der Waals surface area contributed by atoms with E-state index in [4.69, 9.17) is 0 Å². The summed E-state index contributed by atoms with van der Waals surface area (Å²) in [5.41, 5.74) is -0.0637. The number of rotatable bonds is 13. The van der Waals surface area contributed by atoms with Gasteiger partial charge < -0.3 is 15.3 Å². The van der Waals surface area contributed by atoms with Gasteiger partial charge in [0.05, 0.1) is 6.61 Å². The van der Waals surface area contributed by atoms with Gasteiger partial charge in [-0.3, -0.25) is 0 Å². The molecule has 0 aromatic heterocycles. The Morgan fingerprint density at radius 3 is 2.35 bits per heavy atom. The molecule has 3 heteroatoms. The van der Waals surface area contributed by atoms with E-state index < -0.39 is 0 Å². The average Bonchev–Trinajstić information content (AvgIpc) is 2.49. The first-order chi connectivity index (χ1) is 9.57. The van der Waals surface area contributed by atoms with E-state index in [2.05, 4.69) is 44.8 Å². The van der Waals surface area contributed by atoms with Crippen molar-refractivity contribution in [2.75, 3.05) is 32.8 Å². The predicted molar refractivity (Wildman–Crippen MR) is 89.2 cm³/mol. The van der Waals surface area contributed by atoms with Crippen LogP contribution in [0.4, 0.5) is 0 Å². The minimum Gasteiger partial charge on any atom is -0.394 e. The highest BCUT2D eigenvalue weighted by atomic mass is 16.3. The Morgan fingerprint density at radius 2 is 1.90 bits per heavy atom. The quantitative estimate of drug-likeness (QED) is 0.545. The second-order valence-corrected chi connectivity index (χ2v) is 6.23. The molecule has 0 aromatic carbocycles. The molecular formula is C17H38N2O. The second-order valence-electron chi connectivity index (χ2n) is 6.23. The lowest BCUT2D eigenvalue weighted by molar-refractivity contribution is 0.137. The molecule has 0 saturated carbocycles. The Bertz CT molecular complexity index is 217. The van der Waals surface area contributed by atoms with E-state index in [1.165, 1.54) is 13.0 Å². The third-order valence-electron chi connectivity index (χ3n) is 4.57. The Kier molecular flexibility index (Phi) is 11.5. The predicted octanol–water partition coefficient (Wildman–Crippen LogP) is 3.28. The van der Waals surface area contributed by atoms with Gasteiger partial charge in [0.1, 0.15) is 0 Å². The summed E-state index contributed by atoms with van der Waals surface area (Å²) in [7, 11) is 0. The molecule has 0 aliphatic heterocycles. The SMILES string of the molecule is CCCNC(CC)(CO)CCCN(CC)CC(C)CC. The van der Waals surface area contributed by atoms with Gasteiger partial charge in [-0.25, -0.2) is 0 Å². The van der Waals surface area contributed by atoms with Crippen LogP contribution in [0, 0.1) is 5.92 Å². The van der Waals surface area contributed by atoms with Gasteiger partial charge in [-0.2, -0.15) is 0 Å². The molecule has 2 atom stereocenters. The van der Waals surface area contributed by atoms with Crippen LogP contribution in [0.25, 0.3) is 0 Å². The van der Waals surface area contributed by atoms with Crippen LogP contribution >= 0.6 is 0 Å². The molecule has 0 bridgehead atoms. The van der Waals surface area contributed by atoms with Gasteiger partial charge in [-0.1, -0.05) is 41.0 Å². The summed E-state index contributed by atoms with van der Waals surface area (Å²) in [6.07, 6.45) is 5.61. The van der Waals surface area contributed by atoms with Gasteiger partial charge >= 0.3 is 0 Å². The molecule has 0 radical (unpaired) electrons. The largest absolute Gasteiger partial charge is 0.394 e. The maximum Gasteiger partial charge on any atom is 0.0613 e. The highest BCUT2D eigenvalue weighted by Gasteiger charge is 2.25. The van der Waals surface area contributed by atoms with Crippen LogP contribution in [0.1, 0.15) is 66.7 Å². The zero-order valence-electron chi connectivity index (χ0n) is 14.5. The molecule has 0 aliphatic rings. The summed E-state index contributed by atoms with van der Waals surface area (Å²) in [4.78, 5) is 2.55. The molecule has 0 saturated heterocycles. The molecule has 2 unspecified atom stereocenters. The normalized spacial score (nSPS) is 16.4. The number of aliphatic hydroxyl groups is 1. The molecule has 20 heavy (non-hydrogen) atoms. The highest BCUT2D eigenvalue weighted by Crippen LogP contribution is 2.18. The van der Waals surface area contributed by atoms with Gasteiger partial charge in [-0.05, 0) is 51.2 Å². The molecule has 0 fully saturated rings. The van der Waals surface area contributed by atoms with Crippen molar-refractivity contribution in [3.05, 3.63) is 0 Å². The molecule has 3 nitrogen and oxygen atoms in total. The van der Waals surface area contributed by atoms with Crippen LogP contribution < -0.4 is 5.32 Å². The molecule has 0 aliphatic carbocycles. The minimum absolute atomic E-state index is 0.0637. The van der Waals surface area contributed by atoms with Gasteiger partial charge in [0.15, 0.2) is 0 Å². The summed E-state index contributed by atoms with van der Waals surface area (Å²) < 4.78 is 0. The summed E-state index contributed by atoms with van der Waals surface area (Å²) >= 11 is 0. The van der Waals surface area contributed by atoms with E-state index in [-0.39, 0.29) is 12.1 Å². The molecule has 0 heterocycles. The van der Waals surface area contributed by atoms with Crippen molar-refractivity contribution in [2.45, 2.75) is 72.3 Å². The van der Waals surface area contributed by atoms with Crippen molar-refractivity contribution < 1.29 is 5.11 Å². The number of aliphatic hydroxyl groups excluding tert-OH is 1. The van der Waals surface area contributed by atoms with Crippen LogP contribution in [0.3, 0.4) is 0 Å². The smallest absolute Gasteiger partial charge is 0.0613 e. The van der Waals surface area contributed by atoms with Crippen LogP contribution in [0.15, 0.2) is 0 Å². The van der Waals surface area contributed by atoms with Gasteiger partial charge in [0.2, 0.25) is 0 Å². The number of hydrogen-bond donors (Lipinski definition) is 2. The Balaban J connectivity index is 4.19. The number of nitrogens with zero attached hydrogens (tertiary/aromatic N) is 1. The average molecular weight is 287 g/mol. The molecule has 2 N–H and O–H groups in total. The fourth-order valence-corrected chi connectivity index (χ4v) is 2.62. The van der Waals surface area contributed by atoms with Crippen molar-refractivity contribution in [3.8, 4) is 0 Å². The van der Waals surface area contributed by atoms with E-state index in [0.717, 1.165) is 51.2 Å². The molecule has 0 rings (SSSR count). The van der Waals surface area contributed by atoms with E-state index in [1.54, 1.807) is 0 Å². The lowest BCUT2D eigenvalue weighted by Crippen LogP contribution is -2.48. The molecular weight excluding hydrogens is 248 g/mol. The third kappa shape index (κ3) is 7.61. The third-order valence-corrected chi connectivity index (χ3v) is 4.57. The van der Waals surface area contributed by atoms with Gasteiger partial charge in [0.25, 0.3) is 0 Å². The molecule has 0 aromatic rings. The van der Waals surface area contributed by atoms with Crippen LogP contribution in [-0.4, -0.2) is 48.3 Å². The van der Waals surface area contributed by atoms with Crippen molar-refractivity contribution in [1.29, 1.82) is 0 Å². The lowest BCUT2D eigenvalue weighted by atomic mass is 9.91. The van der Waals surface area contributed by atoms with E-state index in [1.807, 2.05) is 0 Å². The first-order valence-corrected chi connectivity index (χ1v) is 8.65. The first-order valence-electron chi connectivity index (χ1n) is 8.65. The van der Waals surface area contributed by atoms with Crippen LogP contribution in [0.2, 0.25) is 0 Å². The fourth-order valence-electron chi connectivity index (χ4n) is 2.62. The monoisotopic (exact) mass is 286 g/mol. The van der Waals surface area contributed by atoms with E-state index >= 15 is 0 Å².